The van der Waals surface area contributed by atoms with E-state index < -0.39 is 0 Å². The lowest BCUT2D eigenvalue weighted by atomic mass is 10.1. The number of rotatable bonds is 5. The average molecular weight is 406 g/mol. The van der Waals surface area contributed by atoms with Crippen molar-refractivity contribution in [2.24, 2.45) is 4.99 Å². The van der Waals surface area contributed by atoms with Gasteiger partial charge in [-0.25, -0.2) is 0 Å². The summed E-state index contributed by atoms with van der Waals surface area (Å²) in [5, 5.41) is 12.4. The minimum absolute atomic E-state index is 0.0404. The van der Waals surface area contributed by atoms with Crippen molar-refractivity contribution >= 4 is 29.9 Å². The van der Waals surface area contributed by atoms with Crippen LogP contribution in [0.2, 0.25) is 0 Å². The number of piperazine rings is 1. The summed E-state index contributed by atoms with van der Waals surface area (Å²) in [5.74, 6) is 2.54. The summed E-state index contributed by atoms with van der Waals surface area (Å²) in [7, 11) is 2.13. The van der Waals surface area contributed by atoms with Crippen LogP contribution < -0.4 is 10.2 Å². The number of benzene rings is 1. The van der Waals surface area contributed by atoms with Crippen molar-refractivity contribution in [3.8, 4) is 0 Å². The number of nitrogens with zero attached hydrogens (tertiary/aromatic N) is 6. The number of amidine groups is 1. The normalized spacial score (nSPS) is 17.4. The number of aromatic nitrogens is 3. The van der Waals surface area contributed by atoms with Crippen LogP contribution >= 0.6 is 0 Å². The molecule has 156 valence electrons. The van der Waals surface area contributed by atoms with Gasteiger partial charge in [0.25, 0.3) is 0 Å². The molecule has 0 bridgehead atoms. The molecule has 0 radical (unpaired) electrons. The average Bonchev–Trinajstić information content (AvgIpc) is 3.17. The first-order chi connectivity index (χ1) is 14.6. The number of hydrogen-bond donors (Lipinski definition) is 2. The fraction of sp³-hybridized carbons (Fsp3) is 0.364. The molecule has 2 aliphatic rings. The fourth-order valence-corrected chi connectivity index (χ4v) is 3.29. The predicted molar refractivity (Wildman–Crippen MR) is 121 cm³/mol. The third-order valence-corrected chi connectivity index (χ3v) is 5.14. The molecule has 2 aromatic rings. The van der Waals surface area contributed by atoms with Gasteiger partial charge >= 0.3 is 0 Å². The lowest BCUT2D eigenvalue weighted by Gasteiger charge is -2.32. The Balaban J connectivity index is 1.59. The van der Waals surface area contributed by atoms with Gasteiger partial charge in [0.05, 0.1) is 13.2 Å². The molecule has 0 saturated carbocycles. The van der Waals surface area contributed by atoms with Gasteiger partial charge in [-0.15, -0.1) is 0 Å². The van der Waals surface area contributed by atoms with Gasteiger partial charge < -0.3 is 20.2 Å². The first-order valence-corrected chi connectivity index (χ1v) is 10.1. The first kappa shape index (κ1) is 20.2. The van der Waals surface area contributed by atoms with E-state index in [1.807, 2.05) is 42.5 Å². The van der Waals surface area contributed by atoms with Crippen LogP contribution in [0.4, 0.5) is 11.9 Å². The Morgan fingerprint density at radius 3 is 2.47 bits per heavy atom. The third kappa shape index (κ3) is 5.08. The molecule has 0 spiro atoms. The zero-order valence-corrected chi connectivity index (χ0v) is 17.4. The zero-order chi connectivity index (χ0) is 20.9. The zero-order valence-electron chi connectivity index (χ0n) is 17.4. The van der Waals surface area contributed by atoms with Gasteiger partial charge in [0.2, 0.25) is 11.9 Å². The summed E-state index contributed by atoms with van der Waals surface area (Å²) < 4.78 is 0. The number of nitrogens with one attached hydrogen (secondary N) is 1. The highest BCUT2D eigenvalue weighted by Crippen LogP contribution is 2.16. The number of hydrogen-bond acceptors (Lipinski definition) is 8. The molecule has 0 aliphatic carbocycles. The SMILES string of the molecule is CC1=CC(Nc2nc(/C=C/c3ccc(CO)cc3)nc(N3CCN(C)CC3)n2)=NC1. The maximum atomic E-state index is 9.20. The summed E-state index contributed by atoms with van der Waals surface area (Å²) in [4.78, 5) is 22.9. The summed E-state index contributed by atoms with van der Waals surface area (Å²) >= 11 is 0. The largest absolute Gasteiger partial charge is 0.392 e. The first-order valence-electron chi connectivity index (χ1n) is 10.1. The molecule has 1 aromatic carbocycles. The van der Waals surface area contributed by atoms with Gasteiger partial charge in [-0.3, -0.25) is 4.99 Å². The van der Waals surface area contributed by atoms with E-state index in [2.05, 4.69) is 49.0 Å². The van der Waals surface area contributed by atoms with E-state index in [0.29, 0.717) is 24.3 Å². The smallest absolute Gasteiger partial charge is 0.233 e. The minimum atomic E-state index is 0.0404. The Hall–Kier alpha value is -3.10. The Morgan fingerprint density at radius 1 is 1.03 bits per heavy atom. The molecule has 1 fully saturated rings. The van der Waals surface area contributed by atoms with Crippen LogP contribution in [0.3, 0.4) is 0 Å². The molecule has 8 nitrogen and oxygen atoms in total. The fourth-order valence-electron chi connectivity index (χ4n) is 3.29. The Bertz CT molecular complexity index is 973. The van der Waals surface area contributed by atoms with Gasteiger partial charge in [0, 0.05) is 26.2 Å². The third-order valence-electron chi connectivity index (χ3n) is 5.14. The molecule has 2 aliphatic heterocycles. The van der Waals surface area contributed by atoms with Crippen LogP contribution in [0.15, 0.2) is 40.9 Å². The highest BCUT2D eigenvalue weighted by atomic mass is 16.3. The highest BCUT2D eigenvalue weighted by molar-refractivity contribution is 6.04. The highest BCUT2D eigenvalue weighted by Gasteiger charge is 2.18. The maximum absolute atomic E-state index is 9.20. The second-order valence-electron chi connectivity index (χ2n) is 7.66. The van der Waals surface area contributed by atoms with Crippen molar-refractivity contribution in [1.82, 2.24) is 19.9 Å². The van der Waals surface area contributed by atoms with Crippen molar-refractivity contribution in [3.05, 3.63) is 52.9 Å². The van der Waals surface area contributed by atoms with Gasteiger partial charge in [-0.05, 0) is 42.8 Å². The second kappa shape index (κ2) is 9.15. The van der Waals surface area contributed by atoms with Crippen LogP contribution in [-0.4, -0.2) is 70.6 Å². The van der Waals surface area contributed by atoms with E-state index in [4.69, 9.17) is 0 Å². The minimum Gasteiger partial charge on any atom is -0.392 e. The van der Waals surface area contributed by atoms with Crippen molar-refractivity contribution in [3.63, 3.8) is 0 Å². The molecule has 1 aromatic heterocycles. The van der Waals surface area contributed by atoms with E-state index in [-0.39, 0.29) is 6.61 Å². The molecule has 0 unspecified atom stereocenters. The van der Waals surface area contributed by atoms with Crippen LogP contribution in [0.5, 0.6) is 0 Å². The summed E-state index contributed by atoms with van der Waals surface area (Å²) in [6, 6.07) is 7.74. The van der Waals surface area contributed by atoms with Gasteiger partial charge in [-0.1, -0.05) is 30.3 Å². The topological polar surface area (TPSA) is 89.8 Å². The molecular formula is C22H27N7O. The monoisotopic (exact) mass is 405 g/mol. The van der Waals surface area contributed by atoms with E-state index in [9.17, 15) is 5.11 Å². The van der Waals surface area contributed by atoms with Crippen molar-refractivity contribution in [2.45, 2.75) is 13.5 Å². The molecule has 0 amide bonds. The lowest BCUT2D eigenvalue weighted by Crippen LogP contribution is -2.45. The molecular weight excluding hydrogens is 378 g/mol. The Morgan fingerprint density at radius 2 is 1.80 bits per heavy atom. The van der Waals surface area contributed by atoms with Crippen LogP contribution in [0.25, 0.3) is 12.2 Å². The van der Waals surface area contributed by atoms with Gasteiger partial charge in [0.15, 0.2) is 5.82 Å². The number of aliphatic hydroxyl groups is 1. The number of aliphatic imine (C=N–C) groups is 1. The lowest BCUT2D eigenvalue weighted by molar-refractivity contribution is 0.282. The van der Waals surface area contributed by atoms with Crippen molar-refractivity contribution in [2.75, 3.05) is 50.0 Å². The Labute approximate surface area is 176 Å². The molecule has 4 rings (SSSR count). The number of aliphatic hydroxyl groups excluding tert-OH is 1. The number of anilines is 2. The summed E-state index contributed by atoms with van der Waals surface area (Å²) in [6.07, 6.45) is 5.86. The van der Waals surface area contributed by atoms with Gasteiger partial charge in [0.1, 0.15) is 5.84 Å². The van der Waals surface area contributed by atoms with Crippen LogP contribution in [0, 0.1) is 0 Å². The standard InChI is InChI=1S/C22H27N7O/c1-16-13-20(23-14-16)25-21-24-19(8-7-17-3-5-18(15-30)6-4-17)26-22(27-21)29-11-9-28(2)10-12-29/h3-8,13,30H,9-12,14-15H2,1-2H3,(H,23,24,25,26,27)/b8-7+. The quantitative estimate of drug-likeness (QED) is 0.787. The predicted octanol–water partition coefficient (Wildman–Crippen LogP) is 2.06. The molecule has 0 atom stereocenters. The Kier molecular flexibility index (Phi) is 6.15. The van der Waals surface area contributed by atoms with Crippen LogP contribution in [0.1, 0.15) is 23.9 Å². The molecule has 3 heterocycles. The molecule has 8 heteroatoms. The van der Waals surface area contributed by atoms with Crippen molar-refractivity contribution < 1.29 is 5.11 Å². The maximum Gasteiger partial charge on any atom is 0.233 e. The number of likely N-dealkylation sites (N-methyl/N-ethyl adjacent to an activating group) is 1. The van der Waals surface area contributed by atoms with Crippen molar-refractivity contribution in [1.29, 1.82) is 0 Å². The van der Waals surface area contributed by atoms with E-state index in [1.54, 1.807) is 0 Å². The summed E-state index contributed by atoms with van der Waals surface area (Å²) in [5.41, 5.74) is 3.11. The molecule has 2 N–H and O–H groups in total. The van der Waals surface area contributed by atoms with E-state index in [0.717, 1.165) is 43.1 Å². The van der Waals surface area contributed by atoms with E-state index >= 15 is 0 Å². The molecule has 1 saturated heterocycles. The molecule has 30 heavy (non-hydrogen) atoms. The second-order valence-corrected chi connectivity index (χ2v) is 7.66. The van der Waals surface area contributed by atoms with Gasteiger partial charge in [-0.2, -0.15) is 15.0 Å². The van der Waals surface area contributed by atoms with Crippen LogP contribution in [-0.2, 0) is 6.61 Å². The van der Waals surface area contributed by atoms with E-state index in [1.165, 1.54) is 5.57 Å². The summed E-state index contributed by atoms with van der Waals surface area (Å²) in [6.45, 7) is 6.51.